The van der Waals surface area contributed by atoms with Gasteiger partial charge < -0.3 is 9.84 Å². The highest BCUT2D eigenvalue weighted by atomic mass is 32.1. The van der Waals surface area contributed by atoms with E-state index in [2.05, 4.69) is 4.98 Å². The topological polar surface area (TPSA) is 64.3 Å². The number of fused-ring (bicyclic) bond motifs is 1. The summed E-state index contributed by atoms with van der Waals surface area (Å²) in [4.78, 5) is 16.5. The molecule has 6 heteroatoms. The maximum Gasteiger partial charge on any atom is 0.271 e. The van der Waals surface area contributed by atoms with E-state index in [9.17, 15) is 9.90 Å². The molecule has 2 atom stereocenters. The van der Waals surface area contributed by atoms with Crippen molar-refractivity contribution in [2.45, 2.75) is 19.1 Å². The molecule has 0 aromatic carbocycles. The summed E-state index contributed by atoms with van der Waals surface area (Å²) in [6, 6.07) is -0.318. The molecule has 1 aliphatic rings. The second kappa shape index (κ2) is 3.90. The summed E-state index contributed by atoms with van der Waals surface area (Å²) >= 11 is 1.40. The number of hydrogen-bond donors (Lipinski definition) is 1. The Morgan fingerprint density at radius 2 is 2.41 bits per heavy atom. The lowest BCUT2D eigenvalue weighted by molar-refractivity contribution is 0.119. The number of aromatic nitrogens is 2. The fourth-order valence-corrected chi connectivity index (χ4v) is 3.01. The van der Waals surface area contributed by atoms with Crippen LogP contribution in [0.25, 0.3) is 10.2 Å². The highest BCUT2D eigenvalue weighted by Crippen LogP contribution is 2.22. The van der Waals surface area contributed by atoms with Crippen LogP contribution in [0.1, 0.15) is 11.6 Å². The van der Waals surface area contributed by atoms with Crippen molar-refractivity contribution in [3.8, 4) is 0 Å². The lowest BCUT2D eigenvalue weighted by Crippen LogP contribution is -2.31. The van der Waals surface area contributed by atoms with Gasteiger partial charge in [0.25, 0.3) is 5.56 Å². The minimum atomic E-state index is -0.631. The van der Waals surface area contributed by atoms with Gasteiger partial charge in [0.2, 0.25) is 0 Å². The van der Waals surface area contributed by atoms with Crippen molar-refractivity contribution < 1.29 is 9.84 Å². The lowest BCUT2D eigenvalue weighted by atomic mass is 10.2. The van der Waals surface area contributed by atoms with Crippen LogP contribution >= 0.6 is 11.3 Å². The van der Waals surface area contributed by atoms with Gasteiger partial charge in [-0.1, -0.05) is 0 Å². The van der Waals surface area contributed by atoms with Crippen LogP contribution in [-0.2, 0) is 4.74 Å². The zero-order valence-electron chi connectivity index (χ0n) is 9.29. The van der Waals surface area contributed by atoms with E-state index >= 15 is 0 Å². The van der Waals surface area contributed by atoms with E-state index in [1.54, 1.807) is 0 Å². The standard InChI is InChI=1S/C11H12N2O3S/c1-6-4-17-10-9(6)12-5-13(11(10)15)7-2-16-3-8(7)14/h4-5,7-8,14H,2-3H2,1H3/t7-,8-/m0/s1. The lowest BCUT2D eigenvalue weighted by Gasteiger charge is -2.14. The van der Waals surface area contributed by atoms with Crippen LogP contribution in [0.2, 0.25) is 0 Å². The minimum Gasteiger partial charge on any atom is -0.388 e. The fraction of sp³-hybridized carbons (Fsp3) is 0.455. The second-order valence-corrected chi connectivity index (χ2v) is 5.11. The van der Waals surface area contributed by atoms with E-state index in [4.69, 9.17) is 4.74 Å². The minimum absolute atomic E-state index is 0.0948. The summed E-state index contributed by atoms with van der Waals surface area (Å²) in [5.41, 5.74) is 1.67. The van der Waals surface area contributed by atoms with Crippen LogP contribution in [-0.4, -0.2) is 34.0 Å². The van der Waals surface area contributed by atoms with Gasteiger partial charge >= 0.3 is 0 Å². The molecule has 1 aliphatic heterocycles. The first-order chi connectivity index (χ1) is 8.18. The van der Waals surface area contributed by atoms with Gasteiger partial charge in [-0.2, -0.15) is 0 Å². The number of rotatable bonds is 1. The van der Waals surface area contributed by atoms with Gasteiger partial charge in [-0.3, -0.25) is 9.36 Å². The average molecular weight is 252 g/mol. The monoisotopic (exact) mass is 252 g/mol. The van der Waals surface area contributed by atoms with Crippen molar-refractivity contribution >= 4 is 21.6 Å². The summed E-state index contributed by atoms with van der Waals surface area (Å²) in [6.07, 6.45) is 0.875. The van der Waals surface area contributed by atoms with Crippen LogP contribution in [0.15, 0.2) is 16.5 Å². The number of thiophene rings is 1. The van der Waals surface area contributed by atoms with Crippen LogP contribution < -0.4 is 5.56 Å². The molecule has 0 bridgehead atoms. The van der Waals surface area contributed by atoms with Crippen molar-refractivity contribution in [3.05, 3.63) is 27.6 Å². The van der Waals surface area contributed by atoms with Crippen LogP contribution in [0.4, 0.5) is 0 Å². The molecule has 0 aliphatic carbocycles. The number of aliphatic hydroxyl groups excluding tert-OH is 1. The fourth-order valence-electron chi connectivity index (χ4n) is 2.07. The summed E-state index contributed by atoms with van der Waals surface area (Å²) in [7, 11) is 0. The van der Waals surface area contributed by atoms with Crippen molar-refractivity contribution in [2.24, 2.45) is 0 Å². The molecule has 2 aromatic heterocycles. The Labute approximate surface area is 101 Å². The molecule has 3 heterocycles. The SMILES string of the molecule is Cc1csc2c(=O)n([C@H]3COC[C@@H]3O)cnc12. The summed E-state index contributed by atoms with van der Waals surface area (Å²) in [6.45, 7) is 2.57. The smallest absolute Gasteiger partial charge is 0.271 e. The van der Waals surface area contributed by atoms with Gasteiger partial charge in [0.05, 0.1) is 31.1 Å². The Morgan fingerprint density at radius 1 is 1.59 bits per heavy atom. The van der Waals surface area contributed by atoms with Crippen LogP contribution in [0, 0.1) is 6.92 Å². The second-order valence-electron chi connectivity index (χ2n) is 4.23. The van der Waals surface area contributed by atoms with Gasteiger partial charge in [0, 0.05) is 0 Å². The molecule has 3 rings (SSSR count). The first kappa shape index (κ1) is 10.9. The first-order valence-corrected chi connectivity index (χ1v) is 6.27. The van der Waals surface area contributed by atoms with Gasteiger partial charge in [-0.05, 0) is 17.9 Å². The molecule has 0 spiro atoms. The molecule has 2 aromatic rings. The van der Waals surface area contributed by atoms with Gasteiger partial charge in [-0.25, -0.2) is 4.98 Å². The number of ether oxygens (including phenoxy) is 1. The van der Waals surface area contributed by atoms with Gasteiger partial charge in [-0.15, -0.1) is 11.3 Å². The van der Waals surface area contributed by atoms with Gasteiger partial charge in [0.15, 0.2) is 0 Å². The van der Waals surface area contributed by atoms with Crippen molar-refractivity contribution in [1.29, 1.82) is 0 Å². The van der Waals surface area contributed by atoms with E-state index in [1.807, 2.05) is 12.3 Å². The molecule has 0 amide bonds. The van der Waals surface area contributed by atoms with Crippen molar-refractivity contribution in [3.63, 3.8) is 0 Å². The summed E-state index contributed by atoms with van der Waals surface area (Å²) in [5.74, 6) is 0. The Kier molecular flexibility index (Phi) is 2.50. The molecule has 1 saturated heterocycles. The Hall–Kier alpha value is -1.24. The molecule has 0 unspecified atom stereocenters. The Bertz CT molecular complexity index is 619. The van der Waals surface area contributed by atoms with E-state index in [0.29, 0.717) is 11.3 Å². The number of aryl methyl sites for hydroxylation is 1. The van der Waals surface area contributed by atoms with E-state index in [-0.39, 0.29) is 18.2 Å². The third kappa shape index (κ3) is 1.60. The Balaban J connectivity index is 2.18. The third-order valence-corrected chi connectivity index (χ3v) is 4.14. The maximum atomic E-state index is 12.2. The van der Waals surface area contributed by atoms with E-state index in [0.717, 1.165) is 11.1 Å². The predicted molar refractivity (Wildman–Crippen MR) is 64.5 cm³/mol. The molecule has 1 N–H and O–H groups in total. The third-order valence-electron chi connectivity index (χ3n) is 3.06. The van der Waals surface area contributed by atoms with Crippen LogP contribution in [0.3, 0.4) is 0 Å². The molecule has 17 heavy (non-hydrogen) atoms. The molecule has 90 valence electrons. The van der Waals surface area contributed by atoms with Crippen LogP contribution in [0.5, 0.6) is 0 Å². The summed E-state index contributed by atoms with van der Waals surface area (Å²) < 4.78 is 7.29. The first-order valence-electron chi connectivity index (χ1n) is 5.39. The zero-order chi connectivity index (χ0) is 12.0. The van der Waals surface area contributed by atoms with Crippen molar-refractivity contribution in [2.75, 3.05) is 13.2 Å². The highest BCUT2D eigenvalue weighted by molar-refractivity contribution is 7.17. The average Bonchev–Trinajstić information content (AvgIpc) is 2.88. The number of hydrogen-bond acceptors (Lipinski definition) is 5. The van der Waals surface area contributed by atoms with E-state index in [1.165, 1.54) is 22.2 Å². The predicted octanol–water partition coefficient (Wildman–Crippen LogP) is 0.699. The van der Waals surface area contributed by atoms with Crippen molar-refractivity contribution in [1.82, 2.24) is 9.55 Å². The summed E-state index contributed by atoms with van der Waals surface area (Å²) in [5, 5.41) is 11.7. The molecular formula is C11H12N2O3S. The zero-order valence-corrected chi connectivity index (χ0v) is 10.1. The van der Waals surface area contributed by atoms with E-state index < -0.39 is 6.10 Å². The number of nitrogens with zero attached hydrogens (tertiary/aromatic N) is 2. The number of aliphatic hydroxyl groups is 1. The Morgan fingerprint density at radius 3 is 3.12 bits per heavy atom. The molecular weight excluding hydrogens is 240 g/mol. The normalized spacial score (nSPS) is 24.6. The largest absolute Gasteiger partial charge is 0.388 e. The molecule has 5 nitrogen and oxygen atoms in total. The molecule has 1 fully saturated rings. The molecule has 0 radical (unpaired) electrons. The quantitative estimate of drug-likeness (QED) is 0.811. The maximum absolute atomic E-state index is 12.2. The van der Waals surface area contributed by atoms with Gasteiger partial charge in [0.1, 0.15) is 10.8 Å². The molecule has 0 saturated carbocycles. The highest BCUT2D eigenvalue weighted by Gasteiger charge is 2.29.